The molecule has 0 aromatic heterocycles. The number of hydrogen-bond acceptors (Lipinski definition) is 1. The lowest BCUT2D eigenvalue weighted by atomic mass is 10.1. The zero-order chi connectivity index (χ0) is 8.69. The van der Waals surface area contributed by atoms with Crippen LogP contribution < -0.4 is 0 Å². The molecule has 0 aromatic rings. The highest BCUT2D eigenvalue weighted by Gasteiger charge is 2.15. The zero-order valence-corrected chi connectivity index (χ0v) is 10.2. The summed E-state index contributed by atoms with van der Waals surface area (Å²) in [6, 6.07) is 0. The number of alkyl halides is 2. The van der Waals surface area contributed by atoms with E-state index < -0.39 is 0 Å². The van der Waals surface area contributed by atoms with Crippen molar-refractivity contribution in [3.63, 3.8) is 0 Å². The third-order valence-electron chi connectivity index (χ3n) is 1.49. The average molecular weight is 213 g/mol. The first-order chi connectivity index (χ1) is 5.26. The Morgan fingerprint density at radius 3 is 2.64 bits per heavy atom. The van der Waals surface area contributed by atoms with Crippen LogP contribution in [0.2, 0.25) is 0 Å². The average Bonchev–Trinajstić information content (AvgIpc) is 2.00. The number of hydrogen-bond donors (Lipinski definition) is 0. The Bertz CT molecular complexity index is 111. The molecule has 0 bridgehead atoms. The van der Waals surface area contributed by atoms with Gasteiger partial charge in [0, 0.05) is 5.88 Å². The molecule has 66 valence electrons. The monoisotopic (exact) mass is 212 g/mol. The van der Waals surface area contributed by atoms with Crippen LogP contribution in [0.25, 0.3) is 0 Å². The Kier molecular flexibility index (Phi) is 7.49. The third-order valence-corrected chi connectivity index (χ3v) is 2.81. The van der Waals surface area contributed by atoms with Crippen molar-refractivity contribution in [3.05, 3.63) is 12.7 Å². The third kappa shape index (κ3) is 4.85. The first-order valence-corrected chi connectivity index (χ1v) is 5.38. The molecule has 0 amide bonds. The minimum Gasteiger partial charge on any atom is -0.423 e. The van der Waals surface area contributed by atoms with Gasteiger partial charge in [-0.15, -0.1) is 29.8 Å². The van der Waals surface area contributed by atoms with Crippen molar-refractivity contribution < 1.29 is 4.43 Å². The number of rotatable bonds is 6. The maximum absolute atomic E-state index is 5.99. The molecule has 0 aliphatic carbocycles. The van der Waals surface area contributed by atoms with E-state index in [2.05, 4.69) is 6.58 Å². The van der Waals surface area contributed by atoms with Crippen LogP contribution in [0.4, 0.5) is 0 Å². The quantitative estimate of drug-likeness (QED) is 0.369. The second-order valence-corrected chi connectivity index (χ2v) is 3.70. The molecule has 0 saturated carbocycles. The summed E-state index contributed by atoms with van der Waals surface area (Å²) in [7, 11) is 0.716. The summed E-state index contributed by atoms with van der Waals surface area (Å²) in [5.74, 6) is 0.590. The summed E-state index contributed by atoms with van der Waals surface area (Å²) in [5, 5.41) is 0.0306. The molecule has 0 saturated heterocycles. The van der Waals surface area contributed by atoms with Gasteiger partial charge in [0.15, 0.2) is 0 Å². The van der Waals surface area contributed by atoms with Gasteiger partial charge in [0.2, 0.25) is 0 Å². The predicted octanol–water partition coefficient (Wildman–Crippen LogP) is 1.46. The Morgan fingerprint density at radius 1 is 1.64 bits per heavy atom. The van der Waals surface area contributed by atoms with E-state index in [1.165, 1.54) is 0 Å². The molecule has 0 aliphatic rings. The van der Waals surface area contributed by atoms with Gasteiger partial charge in [-0.05, 0) is 12.8 Å². The van der Waals surface area contributed by atoms with Gasteiger partial charge >= 0.3 is 0 Å². The van der Waals surface area contributed by atoms with Crippen molar-refractivity contribution in [1.82, 2.24) is 0 Å². The molecular formula is C7H14Cl2OSi. The highest BCUT2D eigenvalue weighted by atomic mass is 35.5. The lowest BCUT2D eigenvalue weighted by molar-refractivity contribution is 0.217. The van der Waals surface area contributed by atoms with Gasteiger partial charge in [-0.2, -0.15) is 0 Å². The highest BCUT2D eigenvalue weighted by Crippen LogP contribution is 2.14. The summed E-state index contributed by atoms with van der Waals surface area (Å²) >= 11 is 11.5. The van der Waals surface area contributed by atoms with E-state index >= 15 is 0 Å². The van der Waals surface area contributed by atoms with Crippen LogP contribution in [-0.2, 0) is 4.43 Å². The smallest absolute Gasteiger partial charge is 0.146 e. The minimum absolute atomic E-state index is 0.0306. The molecule has 0 aliphatic heterocycles. The topological polar surface area (TPSA) is 9.23 Å². The molecule has 0 radical (unpaired) electrons. The van der Waals surface area contributed by atoms with Crippen molar-refractivity contribution in [2.24, 2.45) is 0 Å². The van der Waals surface area contributed by atoms with E-state index in [-0.39, 0.29) is 11.5 Å². The first kappa shape index (κ1) is 11.5. The van der Waals surface area contributed by atoms with Gasteiger partial charge in [0.25, 0.3) is 0 Å². The normalized spacial score (nSPS) is 16.2. The molecule has 0 spiro atoms. The van der Waals surface area contributed by atoms with Gasteiger partial charge in [0.05, 0.1) is 11.5 Å². The molecule has 0 fully saturated rings. The van der Waals surface area contributed by atoms with Gasteiger partial charge in [-0.3, -0.25) is 0 Å². The van der Waals surface area contributed by atoms with Crippen molar-refractivity contribution in [2.45, 2.75) is 24.3 Å². The van der Waals surface area contributed by atoms with Crippen molar-refractivity contribution >= 4 is 33.7 Å². The molecule has 11 heavy (non-hydrogen) atoms. The largest absolute Gasteiger partial charge is 0.423 e. The summed E-state index contributed by atoms with van der Waals surface area (Å²) in [6.07, 6.45) is 3.55. The van der Waals surface area contributed by atoms with Gasteiger partial charge in [-0.25, -0.2) is 0 Å². The maximum atomic E-state index is 5.99. The van der Waals surface area contributed by atoms with Crippen LogP contribution in [0, 0.1) is 0 Å². The van der Waals surface area contributed by atoms with Crippen LogP contribution in [0.3, 0.4) is 0 Å². The second kappa shape index (κ2) is 7.16. The van der Waals surface area contributed by atoms with E-state index in [0.717, 1.165) is 12.8 Å². The molecule has 0 N–H and O–H groups in total. The molecule has 2 atom stereocenters. The SMILES string of the molecule is C=CCC(O[SiH3])C(Cl)CCCl. The van der Waals surface area contributed by atoms with Crippen LogP contribution in [0.15, 0.2) is 12.7 Å². The van der Waals surface area contributed by atoms with E-state index in [9.17, 15) is 0 Å². The molecular weight excluding hydrogens is 199 g/mol. The highest BCUT2D eigenvalue weighted by molar-refractivity contribution is 6.22. The first-order valence-electron chi connectivity index (χ1n) is 3.60. The molecule has 1 nitrogen and oxygen atoms in total. The van der Waals surface area contributed by atoms with E-state index in [0.29, 0.717) is 16.4 Å². The molecule has 0 heterocycles. The fraction of sp³-hybridized carbons (Fsp3) is 0.714. The van der Waals surface area contributed by atoms with Gasteiger partial charge in [0.1, 0.15) is 10.5 Å². The minimum atomic E-state index is 0.0306. The van der Waals surface area contributed by atoms with Crippen LogP contribution >= 0.6 is 23.2 Å². The molecule has 0 rings (SSSR count). The Morgan fingerprint density at radius 2 is 2.27 bits per heavy atom. The predicted molar refractivity (Wildman–Crippen MR) is 54.6 cm³/mol. The Labute approximate surface area is 81.3 Å². The molecule has 0 aromatic carbocycles. The summed E-state index contributed by atoms with van der Waals surface area (Å²) in [4.78, 5) is 0. The van der Waals surface area contributed by atoms with Crippen molar-refractivity contribution in [2.75, 3.05) is 5.88 Å². The van der Waals surface area contributed by atoms with E-state index in [1.54, 1.807) is 0 Å². The van der Waals surface area contributed by atoms with Gasteiger partial charge in [-0.1, -0.05) is 6.08 Å². The summed E-state index contributed by atoms with van der Waals surface area (Å²) < 4.78 is 5.28. The summed E-state index contributed by atoms with van der Waals surface area (Å²) in [5.41, 5.74) is 0. The van der Waals surface area contributed by atoms with E-state index in [1.807, 2.05) is 6.08 Å². The fourth-order valence-electron chi connectivity index (χ4n) is 0.846. The van der Waals surface area contributed by atoms with Crippen LogP contribution in [0.5, 0.6) is 0 Å². The standard InChI is InChI=1S/C7H14Cl2OSi/c1-2-3-7(10-11)6(9)4-5-8/h2,6-7H,1,3-5H2,11H3. The second-order valence-electron chi connectivity index (χ2n) is 2.29. The lowest BCUT2D eigenvalue weighted by Crippen LogP contribution is -2.23. The van der Waals surface area contributed by atoms with E-state index in [4.69, 9.17) is 27.6 Å². The van der Waals surface area contributed by atoms with Crippen LogP contribution in [0.1, 0.15) is 12.8 Å². The van der Waals surface area contributed by atoms with Gasteiger partial charge < -0.3 is 4.43 Å². The Balaban J connectivity index is 3.70. The van der Waals surface area contributed by atoms with Crippen molar-refractivity contribution in [3.8, 4) is 0 Å². The van der Waals surface area contributed by atoms with Crippen LogP contribution in [-0.4, -0.2) is 27.8 Å². The lowest BCUT2D eigenvalue weighted by Gasteiger charge is -2.18. The maximum Gasteiger partial charge on any atom is 0.146 e. The Hall–Kier alpha value is 0.497. The fourth-order valence-corrected chi connectivity index (χ4v) is 2.20. The number of halogens is 2. The molecule has 4 heteroatoms. The summed E-state index contributed by atoms with van der Waals surface area (Å²) in [6.45, 7) is 3.63. The molecule has 2 unspecified atom stereocenters. The van der Waals surface area contributed by atoms with Crippen molar-refractivity contribution in [1.29, 1.82) is 0 Å². The zero-order valence-electron chi connectivity index (χ0n) is 6.72.